The van der Waals surface area contributed by atoms with Gasteiger partial charge < -0.3 is 15.1 Å². The highest BCUT2D eigenvalue weighted by Crippen LogP contribution is 2.28. The van der Waals surface area contributed by atoms with Crippen LogP contribution in [0, 0.1) is 0 Å². The van der Waals surface area contributed by atoms with E-state index in [1.807, 2.05) is 4.90 Å². The number of rotatable bonds is 2. The third-order valence-electron chi connectivity index (χ3n) is 3.93. The summed E-state index contributed by atoms with van der Waals surface area (Å²) in [5, 5.41) is 3.42. The number of nitrogens with zero attached hydrogens (tertiary/aromatic N) is 2. The number of hydrogen-bond acceptors (Lipinski definition) is 2. The first-order valence-corrected chi connectivity index (χ1v) is 6.83. The van der Waals surface area contributed by atoms with E-state index in [-0.39, 0.29) is 18.1 Å². The molecule has 2 saturated heterocycles. The molecule has 17 heavy (non-hydrogen) atoms. The van der Waals surface area contributed by atoms with Crippen LogP contribution >= 0.6 is 0 Å². The van der Waals surface area contributed by atoms with Gasteiger partial charge in [0.05, 0.1) is 0 Å². The normalized spacial score (nSPS) is 28.0. The van der Waals surface area contributed by atoms with E-state index in [0.29, 0.717) is 12.1 Å². The summed E-state index contributed by atoms with van der Waals surface area (Å²) in [6.45, 7) is 10.3. The number of piperazine rings is 1. The molecule has 2 heterocycles. The Morgan fingerprint density at radius 2 is 1.59 bits per heavy atom. The van der Waals surface area contributed by atoms with Gasteiger partial charge in [-0.25, -0.2) is 4.79 Å². The molecule has 0 aromatic rings. The zero-order valence-electron chi connectivity index (χ0n) is 11.4. The number of carbonyl (C=O) groups is 1. The van der Waals surface area contributed by atoms with Gasteiger partial charge in [-0.3, -0.25) is 0 Å². The van der Waals surface area contributed by atoms with Crippen molar-refractivity contribution in [1.29, 1.82) is 0 Å². The van der Waals surface area contributed by atoms with Gasteiger partial charge in [0.25, 0.3) is 0 Å². The van der Waals surface area contributed by atoms with Crippen LogP contribution in [0.3, 0.4) is 0 Å². The van der Waals surface area contributed by atoms with Gasteiger partial charge in [0.1, 0.15) is 0 Å². The molecule has 2 aliphatic heterocycles. The van der Waals surface area contributed by atoms with Crippen LogP contribution in [0.15, 0.2) is 0 Å². The van der Waals surface area contributed by atoms with E-state index in [9.17, 15) is 4.79 Å². The van der Waals surface area contributed by atoms with Crippen molar-refractivity contribution in [3.05, 3.63) is 0 Å². The molecule has 0 spiro atoms. The lowest BCUT2D eigenvalue weighted by Gasteiger charge is -2.41. The smallest absolute Gasteiger partial charge is 0.320 e. The van der Waals surface area contributed by atoms with Crippen LogP contribution in [-0.4, -0.2) is 53.1 Å². The number of urea groups is 1. The molecule has 1 N–H and O–H groups in total. The van der Waals surface area contributed by atoms with Crippen LogP contribution in [0.2, 0.25) is 0 Å². The molecular weight excluding hydrogens is 214 g/mol. The molecule has 2 atom stereocenters. The van der Waals surface area contributed by atoms with Crippen molar-refractivity contribution in [1.82, 2.24) is 15.1 Å². The Kier molecular flexibility index (Phi) is 3.61. The van der Waals surface area contributed by atoms with Crippen molar-refractivity contribution >= 4 is 6.03 Å². The Morgan fingerprint density at radius 3 is 2.00 bits per heavy atom. The van der Waals surface area contributed by atoms with Gasteiger partial charge in [0.2, 0.25) is 0 Å². The largest absolute Gasteiger partial charge is 0.321 e. The molecule has 0 aliphatic carbocycles. The van der Waals surface area contributed by atoms with Crippen LogP contribution in [0.25, 0.3) is 0 Å². The molecule has 2 unspecified atom stereocenters. The number of hydrogen-bond donors (Lipinski definition) is 1. The zero-order chi connectivity index (χ0) is 12.6. The van der Waals surface area contributed by atoms with Crippen molar-refractivity contribution < 1.29 is 4.79 Å². The molecule has 0 aromatic heterocycles. The summed E-state index contributed by atoms with van der Waals surface area (Å²) in [5.74, 6) is 0. The SMILES string of the molecule is CC(C)N(C(=O)N1C2CCC1CNC2)C(C)C. The zero-order valence-corrected chi connectivity index (χ0v) is 11.4. The standard InChI is InChI=1S/C13H25N3O/c1-9(2)15(10(3)4)13(17)16-11-5-6-12(16)8-14-7-11/h9-12,14H,5-8H2,1-4H3. The third-order valence-corrected chi connectivity index (χ3v) is 3.93. The predicted molar refractivity (Wildman–Crippen MR) is 69.0 cm³/mol. The first kappa shape index (κ1) is 12.7. The summed E-state index contributed by atoms with van der Waals surface area (Å²) in [5.41, 5.74) is 0. The molecule has 0 saturated carbocycles. The number of fused-ring (bicyclic) bond motifs is 2. The third kappa shape index (κ3) is 2.28. The molecule has 98 valence electrons. The molecule has 2 fully saturated rings. The topological polar surface area (TPSA) is 35.6 Å². The fourth-order valence-electron chi connectivity index (χ4n) is 3.26. The van der Waals surface area contributed by atoms with E-state index < -0.39 is 0 Å². The monoisotopic (exact) mass is 239 g/mol. The molecular formula is C13H25N3O. The van der Waals surface area contributed by atoms with E-state index in [1.54, 1.807) is 0 Å². The Morgan fingerprint density at radius 1 is 1.12 bits per heavy atom. The minimum absolute atomic E-state index is 0.240. The second-order valence-electron chi connectivity index (χ2n) is 5.83. The lowest BCUT2D eigenvalue weighted by molar-refractivity contribution is 0.0954. The van der Waals surface area contributed by atoms with Crippen molar-refractivity contribution in [2.75, 3.05) is 13.1 Å². The Hall–Kier alpha value is -0.770. The summed E-state index contributed by atoms with van der Waals surface area (Å²) in [7, 11) is 0. The van der Waals surface area contributed by atoms with Gasteiger partial charge in [-0.1, -0.05) is 0 Å². The summed E-state index contributed by atoms with van der Waals surface area (Å²) in [4.78, 5) is 16.8. The summed E-state index contributed by atoms with van der Waals surface area (Å²) >= 11 is 0. The maximum Gasteiger partial charge on any atom is 0.321 e. The maximum atomic E-state index is 12.7. The van der Waals surface area contributed by atoms with Gasteiger partial charge in [-0.2, -0.15) is 0 Å². The Bertz CT molecular complexity index is 266. The fraction of sp³-hybridized carbons (Fsp3) is 0.923. The van der Waals surface area contributed by atoms with Crippen molar-refractivity contribution in [3.8, 4) is 0 Å². The van der Waals surface area contributed by atoms with Crippen LogP contribution in [0.4, 0.5) is 4.79 Å². The second-order valence-corrected chi connectivity index (χ2v) is 5.83. The lowest BCUT2D eigenvalue weighted by atomic mass is 10.2. The van der Waals surface area contributed by atoms with Gasteiger partial charge in [0, 0.05) is 37.3 Å². The van der Waals surface area contributed by atoms with Crippen molar-refractivity contribution in [3.63, 3.8) is 0 Å². The number of amides is 2. The second kappa shape index (κ2) is 4.84. The minimum Gasteiger partial charge on any atom is -0.320 e. The molecule has 4 nitrogen and oxygen atoms in total. The molecule has 2 aliphatic rings. The highest BCUT2D eigenvalue weighted by Gasteiger charge is 2.42. The number of nitrogens with one attached hydrogen (secondary N) is 1. The average molecular weight is 239 g/mol. The first-order valence-electron chi connectivity index (χ1n) is 6.83. The van der Waals surface area contributed by atoms with Gasteiger partial charge in [-0.05, 0) is 40.5 Å². The van der Waals surface area contributed by atoms with E-state index in [0.717, 1.165) is 25.9 Å². The molecule has 4 heteroatoms. The molecule has 2 rings (SSSR count). The van der Waals surface area contributed by atoms with Crippen molar-refractivity contribution in [2.24, 2.45) is 0 Å². The van der Waals surface area contributed by atoms with Crippen LogP contribution in [0.1, 0.15) is 40.5 Å². The first-order chi connectivity index (χ1) is 8.02. The van der Waals surface area contributed by atoms with Gasteiger partial charge >= 0.3 is 6.03 Å². The number of carbonyl (C=O) groups excluding carboxylic acids is 1. The summed E-state index contributed by atoms with van der Waals surface area (Å²) in [6.07, 6.45) is 2.32. The maximum absolute atomic E-state index is 12.7. The fourth-order valence-corrected chi connectivity index (χ4v) is 3.26. The minimum atomic E-state index is 0.240. The molecule has 2 bridgehead atoms. The molecule has 0 aromatic carbocycles. The Balaban J connectivity index is 2.13. The highest BCUT2D eigenvalue weighted by molar-refractivity contribution is 5.76. The summed E-state index contributed by atoms with van der Waals surface area (Å²) < 4.78 is 0. The van der Waals surface area contributed by atoms with E-state index in [4.69, 9.17) is 0 Å². The van der Waals surface area contributed by atoms with Crippen LogP contribution < -0.4 is 5.32 Å². The van der Waals surface area contributed by atoms with E-state index >= 15 is 0 Å². The van der Waals surface area contributed by atoms with E-state index in [1.165, 1.54) is 0 Å². The van der Waals surface area contributed by atoms with Crippen molar-refractivity contribution in [2.45, 2.75) is 64.7 Å². The van der Waals surface area contributed by atoms with Crippen LogP contribution in [0.5, 0.6) is 0 Å². The predicted octanol–water partition coefficient (Wildman–Crippen LogP) is 1.66. The quantitative estimate of drug-likeness (QED) is 0.795. The van der Waals surface area contributed by atoms with E-state index in [2.05, 4.69) is 37.9 Å². The van der Waals surface area contributed by atoms with Crippen LogP contribution in [-0.2, 0) is 0 Å². The van der Waals surface area contributed by atoms with Gasteiger partial charge in [0.15, 0.2) is 0 Å². The Labute approximate surface area is 104 Å². The lowest BCUT2D eigenvalue weighted by Crippen LogP contribution is -2.59. The molecule has 2 amide bonds. The summed E-state index contributed by atoms with van der Waals surface area (Å²) in [6, 6.07) is 1.63. The molecule has 0 radical (unpaired) electrons. The van der Waals surface area contributed by atoms with Gasteiger partial charge in [-0.15, -0.1) is 0 Å². The average Bonchev–Trinajstić information content (AvgIpc) is 2.47. The highest BCUT2D eigenvalue weighted by atomic mass is 16.2.